The lowest BCUT2D eigenvalue weighted by molar-refractivity contribution is -0.129. The molecule has 2 aromatic rings. The highest BCUT2D eigenvalue weighted by Gasteiger charge is 2.42. The summed E-state index contributed by atoms with van der Waals surface area (Å²) >= 11 is 0. The molecule has 1 aliphatic heterocycles. The highest BCUT2D eigenvalue weighted by molar-refractivity contribution is 6.14. The Morgan fingerprint density at radius 3 is 2.35 bits per heavy atom. The molecule has 198 valence electrons. The van der Waals surface area contributed by atoms with Gasteiger partial charge in [0.1, 0.15) is 5.75 Å². The summed E-state index contributed by atoms with van der Waals surface area (Å²) in [5, 5.41) is 10.8. The number of ketones is 1. The maximum atomic E-state index is 13.3. The smallest absolute Gasteiger partial charge is 0.290 e. The lowest BCUT2D eigenvalue weighted by Gasteiger charge is -2.28. The van der Waals surface area contributed by atoms with Gasteiger partial charge in [-0.25, -0.2) is 0 Å². The number of hydrogen-bond donors (Lipinski definition) is 1. The van der Waals surface area contributed by atoms with Gasteiger partial charge in [-0.3, -0.25) is 9.59 Å². The van der Waals surface area contributed by atoms with E-state index in [1.807, 2.05) is 54.6 Å². The Morgan fingerprint density at radius 2 is 1.70 bits per heavy atom. The molecule has 3 rings (SSSR count). The van der Waals surface area contributed by atoms with Crippen LogP contribution in [0, 0.1) is 0 Å². The van der Waals surface area contributed by atoms with Gasteiger partial charge < -0.3 is 19.6 Å². The molecule has 6 nitrogen and oxygen atoms in total. The number of amides is 1. The molecule has 1 atom stereocenters. The average molecular weight is 505 g/mol. The summed E-state index contributed by atoms with van der Waals surface area (Å²) in [6, 6.07) is 16.4. The number of carbonyl (C=O) groups excluding carboxylic acids is 2. The second-order valence-electron chi connectivity index (χ2n) is 9.28. The second-order valence-corrected chi connectivity index (χ2v) is 9.28. The molecule has 0 saturated heterocycles. The number of carbonyl (C=O) groups is 2. The van der Waals surface area contributed by atoms with Crippen LogP contribution in [0.15, 0.2) is 72.0 Å². The van der Waals surface area contributed by atoms with Crippen molar-refractivity contribution in [2.75, 3.05) is 32.8 Å². The first kappa shape index (κ1) is 28.2. The Hall–Kier alpha value is -3.38. The molecule has 1 N–H and O–H groups in total. The van der Waals surface area contributed by atoms with Crippen molar-refractivity contribution in [1.29, 1.82) is 0 Å². The maximum Gasteiger partial charge on any atom is 0.290 e. The standard InChI is InChI=1S/C31H40N2O4/c1-4-7-11-23-37-26-18-16-25(17-19-26)29-28(27(34)20-15-24-13-9-8-10-14-24)30(35)31(36)33(29)22-12-21-32(5-2)6-3/h8-10,13-20,29,35H,4-7,11-12,21-23H2,1-3H3. The fourth-order valence-electron chi connectivity index (χ4n) is 4.60. The summed E-state index contributed by atoms with van der Waals surface area (Å²) in [7, 11) is 0. The van der Waals surface area contributed by atoms with E-state index >= 15 is 0 Å². The van der Waals surface area contributed by atoms with Gasteiger partial charge in [0.15, 0.2) is 11.5 Å². The van der Waals surface area contributed by atoms with E-state index in [1.165, 1.54) is 6.08 Å². The number of aliphatic hydroxyl groups is 1. The zero-order valence-corrected chi connectivity index (χ0v) is 22.4. The molecule has 0 aliphatic carbocycles. The van der Waals surface area contributed by atoms with E-state index in [2.05, 4.69) is 25.7 Å². The summed E-state index contributed by atoms with van der Waals surface area (Å²) in [5.41, 5.74) is 1.77. The fourth-order valence-corrected chi connectivity index (χ4v) is 4.60. The van der Waals surface area contributed by atoms with Crippen molar-refractivity contribution in [1.82, 2.24) is 9.80 Å². The van der Waals surface area contributed by atoms with Gasteiger partial charge in [-0.2, -0.15) is 0 Å². The third kappa shape index (κ3) is 7.56. The van der Waals surface area contributed by atoms with E-state index < -0.39 is 17.7 Å². The van der Waals surface area contributed by atoms with Crippen LogP contribution in [0.2, 0.25) is 0 Å². The lowest BCUT2D eigenvalue weighted by atomic mass is 9.95. The molecule has 0 aromatic heterocycles. The summed E-state index contributed by atoms with van der Waals surface area (Å²) in [6.45, 7) is 10.2. The minimum absolute atomic E-state index is 0.122. The van der Waals surface area contributed by atoms with E-state index in [0.29, 0.717) is 13.2 Å². The van der Waals surface area contributed by atoms with E-state index in [1.54, 1.807) is 11.0 Å². The predicted octanol–water partition coefficient (Wildman–Crippen LogP) is 5.97. The molecular weight excluding hydrogens is 464 g/mol. The minimum Gasteiger partial charge on any atom is -0.503 e. The van der Waals surface area contributed by atoms with E-state index in [9.17, 15) is 14.7 Å². The van der Waals surface area contributed by atoms with Gasteiger partial charge in [-0.05, 0) is 61.8 Å². The molecule has 0 spiro atoms. The molecule has 6 heteroatoms. The Kier molecular flexibility index (Phi) is 11.0. The Morgan fingerprint density at radius 1 is 1.00 bits per heavy atom. The molecule has 1 unspecified atom stereocenters. The normalized spacial score (nSPS) is 15.8. The highest BCUT2D eigenvalue weighted by Crippen LogP contribution is 2.38. The van der Waals surface area contributed by atoms with Gasteiger partial charge in [-0.1, -0.05) is 82.2 Å². The minimum atomic E-state index is -0.647. The van der Waals surface area contributed by atoms with E-state index in [0.717, 1.165) is 62.2 Å². The fraction of sp³-hybridized carbons (Fsp3) is 0.419. The zero-order valence-electron chi connectivity index (χ0n) is 22.4. The van der Waals surface area contributed by atoms with Gasteiger partial charge >= 0.3 is 0 Å². The number of nitrogens with zero attached hydrogens (tertiary/aromatic N) is 2. The van der Waals surface area contributed by atoms with Crippen LogP contribution in [0.1, 0.15) is 63.6 Å². The van der Waals surface area contributed by atoms with Crippen molar-refractivity contribution in [3.8, 4) is 5.75 Å². The molecule has 0 radical (unpaired) electrons. The van der Waals surface area contributed by atoms with Crippen LogP contribution in [0.3, 0.4) is 0 Å². The summed E-state index contributed by atoms with van der Waals surface area (Å²) in [4.78, 5) is 30.4. The van der Waals surface area contributed by atoms with Crippen LogP contribution in [-0.2, 0) is 9.59 Å². The number of hydrogen-bond acceptors (Lipinski definition) is 5. The Labute approximate surface area is 221 Å². The van der Waals surface area contributed by atoms with Gasteiger partial charge in [-0.15, -0.1) is 0 Å². The molecule has 0 bridgehead atoms. The Balaban J connectivity index is 1.85. The van der Waals surface area contributed by atoms with Crippen molar-refractivity contribution >= 4 is 17.8 Å². The van der Waals surface area contributed by atoms with Crippen molar-refractivity contribution in [2.45, 2.75) is 52.5 Å². The molecule has 1 aliphatic rings. The van der Waals surface area contributed by atoms with Crippen LogP contribution >= 0.6 is 0 Å². The third-order valence-corrected chi connectivity index (χ3v) is 6.78. The molecule has 1 amide bonds. The van der Waals surface area contributed by atoms with Crippen LogP contribution in [-0.4, -0.2) is 59.4 Å². The molecule has 0 fully saturated rings. The molecule has 37 heavy (non-hydrogen) atoms. The topological polar surface area (TPSA) is 70.1 Å². The van der Waals surface area contributed by atoms with E-state index in [4.69, 9.17) is 4.74 Å². The molecule has 0 saturated carbocycles. The average Bonchev–Trinajstić information content (AvgIpc) is 3.18. The lowest BCUT2D eigenvalue weighted by Crippen LogP contribution is -2.34. The van der Waals surface area contributed by atoms with Crippen LogP contribution in [0.4, 0.5) is 0 Å². The second kappa shape index (κ2) is 14.4. The van der Waals surface area contributed by atoms with Crippen molar-refractivity contribution in [3.63, 3.8) is 0 Å². The molecule has 2 aromatic carbocycles. The van der Waals surface area contributed by atoms with Gasteiger partial charge in [0, 0.05) is 6.54 Å². The van der Waals surface area contributed by atoms with Gasteiger partial charge in [0.2, 0.25) is 0 Å². The van der Waals surface area contributed by atoms with Gasteiger partial charge in [0.05, 0.1) is 18.2 Å². The largest absolute Gasteiger partial charge is 0.503 e. The summed E-state index contributed by atoms with van der Waals surface area (Å²) in [6.07, 6.45) is 7.15. The SMILES string of the molecule is CCCCCOc1ccc(C2C(C(=O)C=Cc3ccccc3)=C(O)C(=O)N2CCCN(CC)CC)cc1. The highest BCUT2D eigenvalue weighted by atomic mass is 16.5. The third-order valence-electron chi connectivity index (χ3n) is 6.78. The number of aliphatic hydroxyl groups excluding tert-OH is 1. The van der Waals surface area contributed by atoms with Crippen LogP contribution in [0.5, 0.6) is 5.75 Å². The van der Waals surface area contributed by atoms with Crippen molar-refractivity contribution in [2.24, 2.45) is 0 Å². The van der Waals surface area contributed by atoms with Gasteiger partial charge in [0.25, 0.3) is 5.91 Å². The van der Waals surface area contributed by atoms with Crippen LogP contribution in [0.25, 0.3) is 6.08 Å². The maximum absolute atomic E-state index is 13.3. The summed E-state index contributed by atoms with van der Waals surface area (Å²) < 4.78 is 5.85. The monoisotopic (exact) mass is 504 g/mol. The predicted molar refractivity (Wildman–Crippen MR) is 148 cm³/mol. The molecular formula is C31H40N2O4. The van der Waals surface area contributed by atoms with Crippen LogP contribution < -0.4 is 4.74 Å². The number of unbranched alkanes of at least 4 members (excludes halogenated alkanes) is 2. The molecule has 1 heterocycles. The summed E-state index contributed by atoms with van der Waals surface area (Å²) in [5.74, 6) is -0.579. The zero-order chi connectivity index (χ0) is 26.6. The quantitative estimate of drug-likeness (QED) is 0.239. The first-order valence-corrected chi connectivity index (χ1v) is 13.5. The number of allylic oxidation sites excluding steroid dienone is 1. The number of benzene rings is 2. The van der Waals surface area contributed by atoms with Crippen molar-refractivity contribution in [3.05, 3.63) is 83.1 Å². The number of rotatable bonds is 15. The van der Waals surface area contributed by atoms with E-state index in [-0.39, 0.29) is 11.4 Å². The Bertz CT molecular complexity index is 1070. The van der Waals surface area contributed by atoms with Crippen molar-refractivity contribution < 1.29 is 19.4 Å². The first-order chi connectivity index (χ1) is 18.0. The first-order valence-electron chi connectivity index (χ1n) is 13.5. The number of ether oxygens (including phenoxy) is 1.